The number of imidazole rings is 1. The van der Waals surface area contributed by atoms with Crippen LogP contribution in [0.15, 0.2) is 28.9 Å². The number of nitrogens with zero attached hydrogens (tertiary/aromatic N) is 2. The molecule has 0 unspecified atom stereocenters. The molecule has 0 amide bonds. The van der Waals surface area contributed by atoms with Gasteiger partial charge >= 0.3 is 0 Å². The molecule has 0 aliphatic heterocycles. The number of hydrogen-bond acceptors (Lipinski definition) is 2. The number of rotatable bonds is 1. The lowest BCUT2D eigenvalue weighted by molar-refractivity contribution is 0.456. The third-order valence-electron chi connectivity index (χ3n) is 1.98. The highest BCUT2D eigenvalue weighted by atomic mass is 79.9. The van der Waals surface area contributed by atoms with E-state index in [0.717, 1.165) is 0 Å². The molecule has 2 rings (SSSR count). The number of aromatic hydroxyl groups is 1. The summed E-state index contributed by atoms with van der Waals surface area (Å²) < 4.78 is 15.4. The largest absolute Gasteiger partial charge is 0.492 e. The molecule has 15 heavy (non-hydrogen) atoms. The van der Waals surface area contributed by atoms with Crippen molar-refractivity contribution in [2.75, 3.05) is 0 Å². The van der Waals surface area contributed by atoms with Crippen molar-refractivity contribution in [1.82, 2.24) is 9.55 Å². The first-order valence-electron chi connectivity index (χ1n) is 4.25. The van der Waals surface area contributed by atoms with Crippen molar-refractivity contribution >= 4 is 15.9 Å². The Morgan fingerprint density at radius 1 is 1.40 bits per heavy atom. The molecule has 0 spiro atoms. The van der Waals surface area contributed by atoms with E-state index >= 15 is 0 Å². The molecule has 1 heterocycles. The van der Waals surface area contributed by atoms with E-state index in [4.69, 9.17) is 0 Å². The van der Waals surface area contributed by atoms with Gasteiger partial charge in [-0.15, -0.1) is 0 Å². The molecular formula is C10H8BrFN2O. The van der Waals surface area contributed by atoms with Gasteiger partial charge in [0.2, 0.25) is 5.88 Å². The fourth-order valence-electron chi connectivity index (χ4n) is 1.40. The molecule has 0 atom stereocenters. The van der Waals surface area contributed by atoms with Crippen molar-refractivity contribution in [3.63, 3.8) is 0 Å². The van der Waals surface area contributed by atoms with Crippen LogP contribution in [0.25, 0.3) is 11.4 Å². The molecule has 0 saturated heterocycles. The van der Waals surface area contributed by atoms with Gasteiger partial charge < -0.3 is 9.67 Å². The van der Waals surface area contributed by atoms with E-state index < -0.39 is 0 Å². The molecule has 5 heteroatoms. The van der Waals surface area contributed by atoms with Crippen LogP contribution in [0.1, 0.15) is 0 Å². The van der Waals surface area contributed by atoms with Gasteiger partial charge in [0.15, 0.2) is 0 Å². The third-order valence-corrected chi connectivity index (χ3v) is 2.44. The number of aryl methyl sites for hydroxylation is 1. The third kappa shape index (κ3) is 2.02. The van der Waals surface area contributed by atoms with Gasteiger partial charge in [-0.25, -0.2) is 4.39 Å². The lowest BCUT2D eigenvalue weighted by Crippen LogP contribution is -1.91. The zero-order valence-electron chi connectivity index (χ0n) is 7.91. The van der Waals surface area contributed by atoms with E-state index in [0.29, 0.717) is 15.9 Å². The van der Waals surface area contributed by atoms with Gasteiger partial charge in [0.1, 0.15) is 11.6 Å². The van der Waals surface area contributed by atoms with Crippen LogP contribution in [0.5, 0.6) is 5.88 Å². The second kappa shape index (κ2) is 3.66. The normalized spacial score (nSPS) is 10.6. The van der Waals surface area contributed by atoms with Gasteiger partial charge in [-0.1, -0.05) is 15.9 Å². The van der Waals surface area contributed by atoms with Crippen LogP contribution in [0.4, 0.5) is 4.39 Å². The molecule has 1 aromatic carbocycles. The summed E-state index contributed by atoms with van der Waals surface area (Å²) in [6, 6.07) is 4.48. The van der Waals surface area contributed by atoms with E-state index in [9.17, 15) is 9.50 Å². The minimum absolute atomic E-state index is 0.0760. The van der Waals surface area contributed by atoms with Crippen molar-refractivity contribution < 1.29 is 9.50 Å². The molecule has 0 bridgehead atoms. The Labute approximate surface area is 94.3 Å². The molecule has 1 aromatic heterocycles. The van der Waals surface area contributed by atoms with Crippen molar-refractivity contribution in [2.24, 2.45) is 7.05 Å². The van der Waals surface area contributed by atoms with Crippen LogP contribution in [-0.4, -0.2) is 14.7 Å². The highest BCUT2D eigenvalue weighted by molar-refractivity contribution is 9.10. The molecule has 2 aromatic rings. The fourth-order valence-corrected chi connectivity index (χ4v) is 1.87. The van der Waals surface area contributed by atoms with Crippen LogP contribution in [0.2, 0.25) is 0 Å². The van der Waals surface area contributed by atoms with E-state index in [1.54, 1.807) is 17.7 Å². The predicted molar refractivity (Wildman–Crippen MR) is 58.0 cm³/mol. The summed E-state index contributed by atoms with van der Waals surface area (Å²) in [6.45, 7) is 0. The minimum Gasteiger partial charge on any atom is -0.492 e. The molecule has 3 nitrogen and oxygen atoms in total. The Balaban J connectivity index is 2.58. The van der Waals surface area contributed by atoms with Gasteiger partial charge in [-0.2, -0.15) is 4.98 Å². The standard InChI is InChI=1S/C10H8BrFN2O/c1-14-5-9(15)13-10(14)6-2-7(11)4-8(12)3-6/h2-5,15H,1H3. The summed E-state index contributed by atoms with van der Waals surface area (Å²) >= 11 is 3.20. The summed E-state index contributed by atoms with van der Waals surface area (Å²) in [4.78, 5) is 3.89. The first-order valence-corrected chi connectivity index (χ1v) is 5.04. The van der Waals surface area contributed by atoms with Gasteiger partial charge in [0.25, 0.3) is 0 Å². The zero-order valence-corrected chi connectivity index (χ0v) is 9.49. The van der Waals surface area contributed by atoms with Crippen LogP contribution in [0, 0.1) is 5.82 Å². The molecule has 0 aliphatic rings. The minimum atomic E-state index is -0.345. The van der Waals surface area contributed by atoms with Crippen molar-refractivity contribution in [1.29, 1.82) is 0 Å². The maximum atomic E-state index is 13.1. The maximum absolute atomic E-state index is 13.1. The summed E-state index contributed by atoms with van der Waals surface area (Å²) in [5, 5.41) is 9.20. The predicted octanol–water partition coefficient (Wildman–Crippen LogP) is 2.69. The second-order valence-electron chi connectivity index (χ2n) is 3.19. The van der Waals surface area contributed by atoms with E-state index in [1.165, 1.54) is 18.3 Å². The first-order chi connectivity index (χ1) is 7.06. The monoisotopic (exact) mass is 270 g/mol. The number of hydrogen-bond donors (Lipinski definition) is 1. The summed E-state index contributed by atoms with van der Waals surface area (Å²) in [5.74, 6) is 0.0995. The summed E-state index contributed by atoms with van der Waals surface area (Å²) in [7, 11) is 1.74. The summed E-state index contributed by atoms with van der Waals surface area (Å²) in [6.07, 6.45) is 1.47. The van der Waals surface area contributed by atoms with Crippen LogP contribution in [0.3, 0.4) is 0 Å². The topological polar surface area (TPSA) is 38.0 Å². The van der Waals surface area contributed by atoms with Crippen molar-refractivity contribution in [3.8, 4) is 17.3 Å². The fraction of sp³-hybridized carbons (Fsp3) is 0.100. The Hall–Kier alpha value is -1.36. The quantitative estimate of drug-likeness (QED) is 0.865. The van der Waals surface area contributed by atoms with Crippen molar-refractivity contribution in [3.05, 3.63) is 34.7 Å². The van der Waals surface area contributed by atoms with Gasteiger partial charge in [0, 0.05) is 17.1 Å². The molecule has 0 fully saturated rings. The lowest BCUT2D eigenvalue weighted by Gasteiger charge is -2.02. The highest BCUT2D eigenvalue weighted by Crippen LogP contribution is 2.25. The lowest BCUT2D eigenvalue weighted by atomic mass is 10.2. The molecule has 1 N–H and O–H groups in total. The average molecular weight is 271 g/mol. The first kappa shape index (κ1) is 10.2. The van der Waals surface area contributed by atoms with Crippen LogP contribution >= 0.6 is 15.9 Å². The Morgan fingerprint density at radius 3 is 2.67 bits per heavy atom. The Kier molecular flexibility index (Phi) is 2.48. The smallest absolute Gasteiger partial charge is 0.229 e. The molecule has 78 valence electrons. The SMILES string of the molecule is Cn1cc(O)nc1-c1cc(F)cc(Br)c1. The number of aromatic nitrogens is 2. The zero-order chi connectivity index (χ0) is 11.0. The van der Waals surface area contributed by atoms with Crippen LogP contribution < -0.4 is 0 Å². The number of benzene rings is 1. The van der Waals surface area contributed by atoms with Crippen molar-refractivity contribution in [2.45, 2.75) is 0 Å². The molecule has 0 aliphatic carbocycles. The summed E-state index contributed by atoms with van der Waals surface area (Å²) in [5.41, 5.74) is 0.615. The van der Waals surface area contributed by atoms with Gasteiger partial charge in [-0.3, -0.25) is 0 Å². The molecular weight excluding hydrogens is 263 g/mol. The Bertz CT molecular complexity index is 490. The van der Waals surface area contributed by atoms with Gasteiger partial charge in [-0.05, 0) is 18.2 Å². The van der Waals surface area contributed by atoms with Crippen LogP contribution in [-0.2, 0) is 7.05 Å². The second-order valence-corrected chi connectivity index (χ2v) is 4.11. The average Bonchev–Trinajstić information content (AvgIpc) is 2.43. The number of halogens is 2. The van der Waals surface area contributed by atoms with E-state index in [1.807, 2.05) is 0 Å². The highest BCUT2D eigenvalue weighted by Gasteiger charge is 2.08. The van der Waals surface area contributed by atoms with Gasteiger partial charge in [0.05, 0.1) is 6.20 Å². The van der Waals surface area contributed by atoms with E-state index in [2.05, 4.69) is 20.9 Å². The van der Waals surface area contributed by atoms with E-state index in [-0.39, 0.29) is 11.7 Å². The maximum Gasteiger partial charge on any atom is 0.229 e. The molecule has 0 radical (unpaired) electrons. The Morgan fingerprint density at radius 2 is 2.13 bits per heavy atom. The molecule has 0 saturated carbocycles.